The molecule has 2 heterocycles. The number of hydrogen-bond acceptors (Lipinski definition) is 3. The van der Waals surface area contributed by atoms with Gasteiger partial charge < -0.3 is 10.1 Å². The van der Waals surface area contributed by atoms with Crippen LogP contribution < -0.4 is 5.32 Å². The summed E-state index contributed by atoms with van der Waals surface area (Å²) >= 11 is 3.65. The van der Waals surface area contributed by atoms with Gasteiger partial charge in [-0.15, -0.1) is 0 Å². The van der Waals surface area contributed by atoms with Crippen LogP contribution in [-0.4, -0.2) is 35.6 Å². The van der Waals surface area contributed by atoms with Gasteiger partial charge in [-0.25, -0.2) is 0 Å². The number of nitrogens with zero attached hydrogens (tertiary/aromatic N) is 2. The normalized spacial score (nSPS) is 20.8. The Kier molecular flexibility index (Phi) is 5.19. The Morgan fingerprint density at radius 3 is 3.00 bits per heavy atom. The topological polar surface area (TPSA) is 39.1 Å². The number of morpholine rings is 1. The van der Waals surface area contributed by atoms with Crippen LogP contribution >= 0.6 is 15.9 Å². The smallest absolute Gasteiger partial charge is 0.0770 e. The summed E-state index contributed by atoms with van der Waals surface area (Å²) in [6.45, 7) is 6.87. The maximum absolute atomic E-state index is 5.49. The van der Waals surface area contributed by atoms with Crippen molar-refractivity contribution in [3.8, 4) is 0 Å². The highest BCUT2D eigenvalue weighted by molar-refractivity contribution is 9.10. The molecular weight excluding hydrogens is 306 g/mol. The molecule has 1 fully saturated rings. The van der Waals surface area contributed by atoms with Gasteiger partial charge in [0.15, 0.2) is 0 Å². The summed E-state index contributed by atoms with van der Waals surface area (Å²) in [6.07, 6.45) is 4.17. The van der Waals surface area contributed by atoms with Gasteiger partial charge in [0.25, 0.3) is 0 Å². The summed E-state index contributed by atoms with van der Waals surface area (Å²) in [7, 11) is 1.99. The molecule has 1 atom stereocenters. The molecule has 1 unspecified atom stereocenters. The van der Waals surface area contributed by atoms with Crippen molar-refractivity contribution < 1.29 is 4.74 Å². The highest BCUT2D eigenvalue weighted by Gasteiger charge is 2.15. The van der Waals surface area contributed by atoms with Crippen LogP contribution in [0, 0.1) is 0 Å². The van der Waals surface area contributed by atoms with Crippen molar-refractivity contribution in [2.45, 2.75) is 32.7 Å². The van der Waals surface area contributed by atoms with Gasteiger partial charge >= 0.3 is 0 Å². The standard InChI is InChI=1S/C14H22BrN3O/c1-4-12-14(15)13(18(3)17-12)8-10(2)7-11-9-19-6-5-16-11/h8,11,16H,4-7,9H2,1-3H3/b10-8-. The summed E-state index contributed by atoms with van der Waals surface area (Å²) in [6, 6.07) is 0.433. The lowest BCUT2D eigenvalue weighted by Gasteiger charge is -2.24. The van der Waals surface area contributed by atoms with Gasteiger partial charge in [-0.3, -0.25) is 4.68 Å². The van der Waals surface area contributed by atoms with Gasteiger partial charge in [0, 0.05) is 19.6 Å². The van der Waals surface area contributed by atoms with Crippen molar-refractivity contribution in [2.24, 2.45) is 7.05 Å². The van der Waals surface area contributed by atoms with Crippen LogP contribution in [0.2, 0.25) is 0 Å². The van der Waals surface area contributed by atoms with E-state index in [0.717, 1.165) is 48.5 Å². The summed E-state index contributed by atoms with van der Waals surface area (Å²) < 4.78 is 8.54. The maximum atomic E-state index is 5.49. The Balaban J connectivity index is 2.09. The van der Waals surface area contributed by atoms with E-state index >= 15 is 0 Å². The maximum Gasteiger partial charge on any atom is 0.0770 e. The third-order valence-electron chi connectivity index (χ3n) is 3.38. The Morgan fingerprint density at radius 1 is 1.63 bits per heavy atom. The first-order chi connectivity index (χ1) is 9.11. The van der Waals surface area contributed by atoms with Crippen molar-refractivity contribution in [2.75, 3.05) is 19.8 Å². The van der Waals surface area contributed by atoms with Gasteiger partial charge in [0.2, 0.25) is 0 Å². The Hall–Kier alpha value is -0.650. The quantitative estimate of drug-likeness (QED) is 0.923. The van der Waals surface area contributed by atoms with E-state index < -0.39 is 0 Å². The fourth-order valence-electron chi connectivity index (χ4n) is 2.38. The molecule has 0 aromatic carbocycles. The molecule has 19 heavy (non-hydrogen) atoms. The minimum Gasteiger partial charge on any atom is -0.379 e. The van der Waals surface area contributed by atoms with E-state index in [0.29, 0.717) is 6.04 Å². The Labute approximate surface area is 123 Å². The SMILES string of the molecule is CCc1nn(C)c(/C=C(/C)CC2COCCN2)c1Br. The van der Waals surface area contributed by atoms with Crippen molar-refractivity contribution in [1.82, 2.24) is 15.1 Å². The fraction of sp³-hybridized carbons (Fsp3) is 0.643. The number of ether oxygens (including phenoxy) is 1. The molecule has 4 nitrogen and oxygen atoms in total. The van der Waals surface area contributed by atoms with Gasteiger partial charge in [-0.05, 0) is 41.8 Å². The van der Waals surface area contributed by atoms with Gasteiger partial charge in [-0.1, -0.05) is 12.5 Å². The molecule has 0 bridgehead atoms. The van der Waals surface area contributed by atoms with Gasteiger partial charge in [0.05, 0.1) is 29.1 Å². The lowest BCUT2D eigenvalue weighted by molar-refractivity contribution is 0.0771. The van der Waals surface area contributed by atoms with Crippen molar-refractivity contribution in [3.05, 3.63) is 21.4 Å². The first kappa shape index (κ1) is 14.8. The van der Waals surface area contributed by atoms with Gasteiger partial charge in [-0.2, -0.15) is 5.10 Å². The lowest BCUT2D eigenvalue weighted by atomic mass is 10.1. The molecule has 1 aliphatic rings. The highest BCUT2D eigenvalue weighted by Crippen LogP contribution is 2.24. The minimum atomic E-state index is 0.433. The van der Waals surface area contributed by atoms with Crippen LogP contribution in [0.1, 0.15) is 31.7 Å². The van der Waals surface area contributed by atoms with Crippen molar-refractivity contribution in [3.63, 3.8) is 0 Å². The average Bonchev–Trinajstić information content (AvgIpc) is 2.67. The molecule has 1 aromatic heterocycles. The second kappa shape index (κ2) is 6.68. The molecular formula is C14H22BrN3O. The van der Waals surface area contributed by atoms with Gasteiger partial charge in [0.1, 0.15) is 0 Å². The summed E-state index contributed by atoms with van der Waals surface area (Å²) in [5, 5.41) is 7.99. The second-order valence-corrected chi connectivity index (χ2v) is 5.84. The minimum absolute atomic E-state index is 0.433. The molecule has 0 spiro atoms. The molecule has 0 saturated carbocycles. The van der Waals surface area contributed by atoms with Crippen LogP contribution in [-0.2, 0) is 18.2 Å². The van der Waals surface area contributed by atoms with E-state index in [1.807, 2.05) is 11.7 Å². The zero-order valence-corrected chi connectivity index (χ0v) is 13.5. The molecule has 1 saturated heterocycles. The van der Waals surface area contributed by atoms with E-state index in [-0.39, 0.29) is 0 Å². The first-order valence-corrected chi connectivity index (χ1v) is 7.60. The molecule has 0 amide bonds. The van der Waals surface area contributed by atoms with Crippen molar-refractivity contribution >= 4 is 22.0 Å². The zero-order valence-electron chi connectivity index (χ0n) is 11.9. The third-order valence-corrected chi connectivity index (χ3v) is 4.25. The van der Waals surface area contributed by atoms with E-state index in [1.165, 1.54) is 5.57 Å². The molecule has 106 valence electrons. The second-order valence-electron chi connectivity index (χ2n) is 5.04. The van der Waals surface area contributed by atoms with E-state index in [9.17, 15) is 0 Å². The van der Waals surface area contributed by atoms with Crippen LogP contribution in [0.4, 0.5) is 0 Å². The van der Waals surface area contributed by atoms with Crippen LogP contribution in [0.15, 0.2) is 10.0 Å². The molecule has 0 radical (unpaired) electrons. The number of nitrogens with one attached hydrogen (secondary N) is 1. The van der Waals surface area contributed by atoms with E-state index in [2.05, 4.69) is 46.3 Å². The average molecular weight is 328 g/mol. The van der Waals surface area contributed by atoms with Crippen LogP contribution in [0.3, 0.4) is 0 Å². The number of aryl methyl sites for hydroxylation is 2. The molecule has 1 aromatic rings. The van der Waals surface area contributed by atoms with Crippen LogP contribution in [0.25, 0.3) is 6.08 Å². The molecule has 2 rings (SSSR count). The lowest BCUT2D eigenvalue weighted by Crippen LogP contribution is -2.41. The molecule has 5 heteroatoms. The molecule has 1 N–H and O–H groups in total. The number of rotatable bonds is 4. The monoisotopic (exact) mass is 327 g/mol. The van der Waals surface area contributed by atoms with E-state index in [4.69, 9.17) is 4.74 Å². The Morgan fingerprint density at radius 2 is 2.42 bits per heavy atom. The third kappa shape index (κ3) is 3.68. The molecule has 0 aliphatic carbocycles. The Bertz CT molecular complexity index is 462. The predicted octanol–water partition coefficient (Wildman–Crippen LogP) is 2.53. The number of aromatic nitrogens is 2. The molecule has 1 aliphatic heterocycles. The van der Waals surface area contributed by atoms with Crippen molar-refractivity contribution in [1.29, 1.82) is 0 Å². The highest BCUT2D eigenvalue weighted by atomic mass is 79.9. The zero-order chi connectivity index (χ0) is 13.8. The number of hydrogen-bond donors (Lipinski definition) is 1. The first-order valence-electron chi connectivity index (χ1n) is 6.81. The van der Waals surface area contributed by atoms with Crippen LogP contribution in [0.5, 0.6) is 0 Å². The summed E-state index contributed by atoms with van der Waals surface area (Å²) in [4.78, 5) is 0. The summed E-state index contributed by atoms with van der Waals surface area (Å²) in [5.41, 5.74) is 3.60. The largest absolute Gasteiger partial charge is 0.379 e. The summed E-state index contributed by atoms with van der Waals surface area (Å²) in [5.74, 6) is 0. The van der Waals surface area contributed by atoms with E-state index in [1.54, 1.807) is 0 Å². The fourth-order valence-corrected chi connectivity index (χ4v) is 3.11. The number of halogens is 1. The predicted molar refractivity (Wildman–Crippen MR) is 81.2 cm³/mol.